The van der Waals surface area contributed by atoms with Gasteiger partial charge in [-0.2, -0.15) is 10.5 Å². The largest absolute Gasteiger partial charge is 0.291 e. The molecular formula is C6H3N3O. The van der Waals surface area contributed by atoms with Crippen molar-refractivity contribution in [2.24, 2.45) is 0 Å². The number of carbonyl (C=O) groups excluding carboxylic acids is 1. The summed E-state index contributed by atoms with van der Waals surface area (Å²) in [5.41, 5.74) is -0.401. The second-order valence-electron chi connectivity index (χ2n) is 1.37. The maximum Gasteiger partial charge on any atom is 0.196 e. The number of hydrogen-bond donors (Lipinski definition) is 1. The van der Waals surface area contributed by atoms with Crippen molar-refractivity contribution in [2.45, 2.75) is 6.42 Å². The molecule has 0 fully saturated rings. The van der Waals surface area contributed by atoms with Crippen molar-refractivity contribution in [1.82, 2.24) is 0 Å². The quantitative estimate of drug-likeness (QED) is 0.330. The van der Waals surface area contributed by atoms with Gasteiger partial charge in [0.25, 0.3) is 0 Å². The smallest absolute Gasteiger partial charge is 0.196 e. The first-order chi connectivity index (χ1) is 4.76. The molecule has 0 atom stereocenters. The molecule has 0 spiro atoms. The molecule has 0 aliphatic heterocycles. The third kappa shape index (κ3) is 1.92. The van der Waals surface area contributed by atoms with Gasteiger partial charge in [-0.05, 0) is 0 Å². The lowest BCUT2D eigenvalue weighted by atomic mass is 10.2. The third-order valence-electron chi connectivity index (χ3n) is 0.755. The van der Waals surface area contributed by atoms with Crippen molar-refractivity contribution >= 4 is 11.7 Å². The topological polar surface area (TPSA) is 88.5 Å². The first-order valence-electron chi connectivity index (χ1n) is 2.36. The number of carbonyl (C=O) groups is 1. The average molecular weight is 133 g/mol. The standard InChI is InChI=1S/C6H3N3O/c7-2-1-6(10)5(3-8)4-9/h8H,1H2. The Morgan fingerprint density at radius 3 is 2.40 bits per heavy atom. The highest BCUT2D eigenvalue weighted by molar-refractivity contribution is 6.07. The third-order valence-corrected chi connectivity index (χ3v) is 0.755. The Kier molecular flexibility index (Phi) is 3.26. The van der Waals surface area contributed by atoms with E-state index in [9.17, 15) is 4.79 Å². The van der Waals surface area contributed by atoms with E-state index in [1.165, 1.54) is 6.07 Å². The zero-order valence-corrected chi connectivity index (χ0v) is 5.01. The van der Waals surface area contributed by atoms with Crippen molar-refractivity contribution < 1.29 is 4.79 Å². The van der Waals surface area contributed by atoms with Crippen molar-refractivity contribution in [3.05, 3.63) is 5.57 Å². The SMILES string of the molecule is N#CCC(=O)C(=C=N)C#N. The monoisotopic (exact) mass is 133 g/mol. The molecule has 0 aromatic carbocycles. The summed E-state index contributed by atoms with van der Waals surface area (Å²) in [4.78, 5) is 10.5. The van der Waals surface area contributed by atoms with Gasteiger partial charge < -0.3 is 0 Å². The molecule has 0 rings (SSSR count). The van der Waals surface area contributed by atoms with Crippen LogP contribution < -0.4 is 0 Å². The van der Waals surface area contributed by atoms with Crippen molar-refractivity contribution in [3.63, 3.8) is 0 Å². The lowest BCUT2D eigenvalue weighted by molar-refractivity contribution is -0.114. The van der Waals surface area contributed by atoms with Gasteiger partial charge in [0.2, 0.25) is 0 Å². The number of allylic oxidation sites excluding steroid dienone is 1. The second kappa shape index (κ2) is 4.03. The Balaban J connectivity index is 4.41. The number of hydrogen-bond acceptors (Lipinski definition) is 4. The van der Waals surface area contributed by atoms with Crippen LogP contribution in [0.2, 0.25) is 0 Å². The van der Waals surface area contributed by atoms with Crippen LogP contribution in [-0.2, 0) is 4.79 Å². The number of Topliss-reactive ketones (excluding diaryl/α,β-unsaturated/α-hetero) is 1. The predicted octanol–water partition coefficient (Wildman–Crippen LogP) is 0.168. The molecular weight excluding hydrogens is 130 g/mol. The fourth-order valence-electron chi connectivity index (χ4n) is 0.320. The fourth-order valence-corrected chi connectivity index (χ4v) is 0.320. The minimum Gasteiger partial charge on any atom is -0.291 e. The minimum atomic E-state index is -0.653. The van der Waals surface area contributed by atoms with Crippen LogP contribution in [0, 0.1) is 28.1 Å². The van der Waals surface area contributed by atoms with Gasteiger partial charge in [0.15, 0.2) is 11.4 Å². The zero-order valence-electron chi connectivity index (χ0n) is 5.01. The summed E-state index contributed by atoms with van der Waals surface area (Å²) < 4.78 is 0. The van der Waals surface area contributed by atoms with E-state index >= 15 is 0 Å². The first-order valence-corrected chi connectivity index (χ1v) is 2.36. The van der Waals surface area contributed by atoms with Gasteiger partial charge in [-0.1, -0.05) is 0 Å². The molecule has 0 aliphatic carbocycles. The van der Waals surface area contributed by atoms with Gasteiger partial charge in [0.05, 0.1) is 12.5 Å². The molecule has 0 bridgehead atoms. The average Bonchev–Trinajstić information content (AvgIpc) is 1.91. The highest BCUT2D eigenvalue weighted by Gasteiger charge is 2.06. The van der Waals surface area contributed by atoms with Gasteiger partial charge >= 0.3 is 0 Å². The Hall–Kier alpha value is -1.90. The maximum absolute atomic E-state index is 10.5. The van der Waals surface area contributed by atoms with E-state index in [1.807, 2.05) is 0 Å². The molecule has 4 nitrogen and oxygen atoms in total. The highest BCUT2D eigenvalue weighted by atomic mass is 16.1. The first kappa shape index (κ1) is 8.10. The lowest BCUT2D eigenvalue weighted by Crippen LogP contribution is -1.98. The normalized spacial score (nSPS) is 6.60. The molecule has 0 saturated carbocycles. The van der Waals surface area contributed by atoms with E-state index in [2.05, 4.69) is 0 Å². The van der Waals surface area contributed by atoms with Gasteiger partial charge in [-0.3, -0.25) is 10.2 Å². The van der Waals surface area contributed by atoms with E-state index in [1.54, 1.807) is 11.9 Å². The molecule has 0 amide bonds. The summed E-state index contributed by atoms with van der Waals surface area (Å²) in [7, 11) is 0. The summed E-state index contributed by atoms with van der Waals surface area (Å²) in [5.74, 6) is 0.988. The van der Waals surface area contributed by atoms with Crippen LogP contribution in [0.25, 0.3) is 0 Å². The molecule has 0 aliphatic rings. The Bertz CT molecular complexity index is 272. The zero-order chi connectivity index (χ0) is 7.98. The number of nitrogens with one attached hydrogen (secondary N) is 1. The predicted molar refractivity (Wildman–Crippen MR) is 32.1 cm³/mol. The molecule has 0 aromatic rings. The highest BCUT2D eigenvalue weighted by Crippen LogP contribution is 1.91. The summed E-state index contributed by atoms with van der Waals surface area (Å²) >= 11 is 0. The molecule has 10 heavy (non-hydrogen) atoms. The van der Waals surface area contributed by atoms with Gasteiger partial charge in [-0.15, -0.1) is 0 Å². The van der Waals surface area contributed by atoms with Gasteiger partial charge in [-0.25, -0.2) is 0 Å². The van der Waals surface area contributed by atoms with E-state index in [0.29, 0.717) is 0 Å². The summed E-state index contributed by atoms with van der Waals surface area (Å²) in [5, 5.41) is 22.5. The molecule has 1 N–H and O–H groups in total. The van der Waals surface area contributed by atoms with Crippen LogP contribution in [0.3, 0.4) is 0 Å². The van der Waals surface area contributed by atoms with Crippen LogP contribution in [-0.4, -0.2) is 11.7 Å². The molecule has 0 unspecified atom stereocenters. The van der Waals surface area contributed by atoms with Crippen LogP contribution in [0.15, 0.2) is 5.57 Å². The molecule has 0 radical (unpaired) electrons. The number of nitrogens with zero attached hydrogens (tertiary/aromatic N) is 2. The molecule has 0 heterocycles. The summed E-state index contributed by atoms with van der Waals surface area (Å²) in [6.45, 7) is 0. The van der Waals surface area contributed by atoms with E-state index in [4.69, 9.17) is 15.9 Å². The fraction of sp³-hybridized carbons (Fsp3) is 0.167. The number of ketones is 1. The number of rotatable bonds is 2. The molecule has 0 saturated heterocycles. The van der Waals surface area contributed by atoms with Crippen molar-refractivity contribution in [3.8, 4) is 12.1 Å². The Morgan fingerprint density at radius 2 is 2.10 bits per heavy atom. The molecule has 48 valence electrons. The van der Waals surface area contributed by atoms with Crippen LogP contribution in [0.1, 0.15) is 6.42 Å². The van der Waals surface area contributed by atoms with Crippen LogP contribution in [0.5, 0.6) is 0 Å². The van der Waals surface area contributed by atoms with Gasteiger partial charge in [0, 0.05) is 5.87 Å². The second-order valence-corrected chi connectivity index (χ2v) is 1.37. The Labute approximate surface area is 57.5 Å². The summed E-state index contributed by atoms with van der Waals surface area (Å²) in [6, 6.07) is 3.03. The summed E-state index contributed by atoms with van der Waals surface area (Å²) in [6.07, 6.45) is -0.366. The van der Waals surface area contributed by atoms with Gasteiger partial charge in [0.1, 0.15) is 6.07 Å². The van der Waals surface area contributed by atoms with Crippen LogP contribution >= 0.6 is 0 Å². The maximum atomic E-state index is 10.5. The van der Waals surface area contributed by atoms with Crippen molar-refractivity contribution in [2.75, 3.05) is 0 Å². The lowest BCUT2D eigenvalue weighted by Gasteiger charge is -1.82. The van der Waals surface area contributed by atoms with Crippen molar-refractivity contribution in [1.29, 1.82) is 15.9 Å². The number of nitriles is 2. The molecule has 4 heteroatoms. The Morgan fingerprint density at radius 1 is 1.50 bits per heavy atom. The van der Waals surface area contributed by atoms with E-state index in [0.717, 1.165) is 0 Å². The van der Waals surface area contributed by atoms with E-state index in [-0.39, 0.29) is 6.42 Å². The molecule has 0 aromatic heterocycles. The van der Waals surface area contributed by atoms with Crippen LogP contribution in [0.4, 0.5) is 0 Å². The minimum absolute atomic E-state index is 0.366. The van der Waals surface area contributed by atoms with E-state index < -0.39 is 11.4 Å².